The van der Waals surface area contributed by atoms with Crippen molar-refractivity contribution in [1.29, 1.82) is 0 Å². The smallest absolute Gasteiger partial charge is 0.327 e. The third-order valence-electron chi connectivity index (χ3n) is 7.47. The number of ether oxygens (including phenoxy) is 2. The number of hydrogen-bond donors (Lipinski definition) is 1. The summed E-state index contributed by atoms with van der Waals surface area (Å²) in [6.07, 6.45) is 0. The molecule has 1 aliphatic heterocycles. The number of nitrogens with one attached hydrogen (secondary N) is 1. The van der Waals surface area contributed by atoms with Gasteiger partial charge in [0.25, 0.3) is 21.8 Å². The molecule has 0 aliphatic carbocycles. The molecule has 1 aliphatic rings. The molecule has 2 amide bonds. The number of rotatable bonds is 9. The zero-order valence-electron chi connectivity index (χ0n) is 26.7. The van der Waals surface area contributed by atoms with Crippen molar-refractivity contribution in [2.75, 3.05) is 37.2 Å². The lowest BCUT2D eigenvalue weighted by atomic mass is 10.0. The molecule has 1 fully saturated rings. The molecule has 0 saturated carbocycles. The van der Waals surface area contributed by atoms with Crippen LogP contribution < -0.4 is 9.62 Å². The Balaban J connectivity index is 1.38. The molecule has 13 heteroatoms. The highest BCUT2D eigenvalue weighted by Crippen LogP contribution is 2.31. The number of nitrogens with zero attached hydrogens (tertiary/aromatic N) is 2. The predicted octanol–water partition coefficient (Wildman–Crippen LogP) is 6.09. The molecule has 0 radical (unpaired) electrons. The fraction of sp³-hybridized carbons (Fsp3) is 0.286. The van der Waals surface area contributed by atoms with Crippen molar-refractivity contribution in [3.8, 4) is 0 Å². The highest BCUT2D eigenvalue weighted by Gasteiger charge is 2.30. The summed E-state index contributed by atoms with van der Waals surface area (Å²) in [6, 6.07) is 20.9. The standard InChI is InChI=1S/C35H35Cl2N3O7S/c1-35(2,3)47-32(41)22-40(48(44,45)29-19-26(36)18-27(37)20-29)28-11-12-30-25(17-28)5-4-6-31(30)33(42)38-21-23-7-9-24(10-8-23)34(43)39-13-15-46-16-14-39/h4-12,17-20H,13-16,21-22H2,1-3H3,(H,38,42). The number of esters is 1. The molecule has 0 atom stereocenters. The van der Waals surface area contributed by atoms with Crippen molar-refractivity contribution in [1.82, 2.24) is 10.2 Å². The number of hydrogen-bond acceptors (Lipinski definition) is 7. The van der Waals surface area contributed by atoms with Gasteiger partial charge in [-0.1, -0.05) is 53.5 Å². The summed E-state index contributed by atoms with van der Waals surface area (Å²) in [5, 5.41) is 4.29. The Morgan fingerprint density at radius 3 is 2.23 bits per heavy atom. The maximum atomic E-state index is 13.9. The molecule has 4 aromatic carbocycles. The van der Waals surface area contributed by atoms with Crippen molar-refractivity contribution in [3.63, 3.8) is 0 Å². The van der Waals surface area contributed by atoms with Crippen molar-refractivity contribution in [2.45, 2.75) is 37.8 Å². The number of halogens is 2. The SMILES string of the molecule is CC(C)(C)OC(=O)CN(c1ccc2c(C(=O)NCc3ccc(C(=O)N4CCOCC4)cc3)cccc2c1)S(=O)(=O)c1cc(Cl)cc(Cl)c1. The topological polar surface area (TPSA) is 122 Å². The Bertz CT molecular complexity index is 1940. The molecule has 48 heavy (non-hydrogen) atoms. The van der Waals surface area contributed by atoms with Crippen LogP contribution in [0, 0.1) is 0 Å². The van der Waals surface area contributed by atoms with E-state index in [9.17, 15) is 22.8 Å². The summed E-state index contributed by atoms with van der Waals surface area (Å²) in [5.74, 6) is -1.16. The van der Waals surface area contributed by atoms with E-state index in [0.29, 0.717) is 48.2 Å². The van der Waals surface area contributed by atoms with Gasteiger partial charge in [-0.05, 0) is 85.6 Å². The molecule has 252 valence electrons. The maximum Gasteiger partial charge on any atom is 0.327 e. The van der Waals surface area contributed by atoms with Crippen LogP contribution in [0.4, 0.5) is 5.69 Å². The summed E-state index contributed by atoms with van der Waals surface area (Å²) in [6.45, 7) is 6.81. The largest absolute Gasteiger partial charge is 0.459 e. The van der Waals surface area contributed by atoms with Gasteiger partial charge in [0.15, 0.2) is 0 Å². The summed E-state index contributed by atoms with van der Waals surface area (Å²) >= 11 is 12.2. The van der Waals surface area contributed by atoms with E-state index in [0.717, 1.165) is 9.87 Å². The Kier molecular flexibility index (Phi) is 10.6. The Labute approximate surface area is 289 Å². The number of fused-ring (bicyclic) bond motifs is 1. The fourth-order valence-electron chi connectivity index (χ4n) is 5.23. The Morgan fingerprint density at radius 1 is 0.917 bits per heavy atom. The van der Waals surface area contributed by atoms with Gasteiger partial charge in [-0.15, -0.1) is 0 Å². The lowest BCUT2D eigenvalue weighted by molar-refractivity contribution is -0.152. The minimum atomic E-state index is -4.34. The molecule has 1 saturated heterocycles. The van der Waals surface area contributed by atoms with E-state index in [1.165, 1.54) is 24.3 Å². The average Bonchev–Trinajstić information content (AvgIpc) is 3.04. The molecule has 0 spiro atoms. The number of sulfonamides is 1. The van der Waals surface area contributed by atoms with Gasteiger partial charge in [-0.25, -0.2) is 8.42 Å². The number of carbonyl (C=O) groups is 3. The first-order valence-corrected chi connectivity index (χ1v) is 17.4. The third kappa shape index (κ3) is 8.46. The van der Waals surface area contributed by atoms with Gasteiger partial charge in [0.1, 0.15) is 12.1 Å². The molecule has 0 aromatic heterocycles. The predicted molar refractivity (Wildman–Crippen MR) is 185 cm³/mol. The lowest BCUT2D eigenvalue weighted by Gasteiger charge is -2.27. The molecule has 5 rings (SSSR count). The summed E-state index contributed by atoms with van der Waals surface area (Å²) in [4.78, 5) is 40.6. The van der Waals surface area contributed by atoms with Crippen molar-refractivity contribution in [3.05, 3.63) is 106 Å². The molecule has 0 unspecified atom stereocenters. The van der Waals surface area contributed by atoms with Crippen LogP contribution in [-0.4, -0.2) is 69.6 Å². The van der Waals surface area contributed by atoms with Crippen LogP contribution in [0.1, 0.15) is 47.1 Å². The Hall–Kier alpha value is -4.16. The number of anilines is 1. The van der Waals surface area contributed by atoms with E-state index in [2.05, 4.69) is 5.32 Å². The highest BCUT2D eigenvalue weighted by atomic mass is 35.5. The minimum Gasteiger partial charge on any atom is -0.459 e. The van der Waals surface area contributed by atoms with Crippen LogP contribution in [0.5, 0.6) is 0 Å². The molecule has 0 bridgehead atoms. The van der Waals surface area contributed by atoms with Gasteiger partial charge in [0, 0.05) is 40.8 Å². The molecular formula is C35H35Cl2N3O7S. The van der Waals surface area contributed by atoms with Crippen LogP contribution in [0.15, 0.2) is 83.8 Å². The van der Waals surface area contributed by atoms with E-state index in [4.69, 9.17) is 32.7 Å². The van der Waals surface area contributed by atoms with E-state index in [1.54, 1.807) is 80.3 Å². The molecular weight excluding hydrogens is 677 g/mol. The monoisotopic (exact) mass is 711 g/mol. The van der Waals surface area contributed by atoms with Crippen molar-refractivity contribution in [2.24, 2.45) is 0 Å². The van der Waals surface area contributed by atoms with E-state index < -0.39 is 28.1 Å². The first-order valence-electron chi connectivity index (χ1n) is 15.2. The first-order chi connectivity index (χ1) is 22.7. The van der Waals surface area contributed by atoms with E-state index in [1.807, 2.05) is 0 Å². The van der Waals surface area contributed by atoms with Gasteiger partial charge in [0.2, 0.25) is 0 Å². The number of benzene rings is 4. The van der Waals surface area contributed by atoms with Gasteiger partial charge in [0.05, 0.1) is 23.8 Å². The van der Waals surface area contributed by atoms with Crippen LogP contribution in [0.25, 0.3) is 10.8 Å². The minimum absolute atomic E-state index is 0.0576. The summed E-state index contributed by atoms with van der Waals surface area (Å²) < 4.78 is 39.5. The van der Waals surface area contributed by atoms with E-state index >= 15 is 0 Å². The lowest BCUT2D eigenvalue weighted by Crippen LogP contribution is -2.40. The van der Waals surface area contributed by atoms with Gasteiger partial charge < -0.3 is 19.7 Å². The fourth-order valence-corrected chi connectivity index (χ4v) is 7.35. The summed E-state index contributed by atoms with van der Waals surface area (Å²) in [5.41, 5.74) is 1.08. The van der Waals surface area contributed by atoms with Crippen LogP contribution in [-0.2, 0) is 30.8 Å². The van der Waals surface area contributed by atoms with Crippen LogP contribution >= 0.6 is 23.2 Å². The van der Waals surface area contributed by atoms with Gasteiger partial charge >= 0.3 is 5.97 Å². The normalized spacial score (nSPS) is 13.6. The number of morpholine rings is 1. The quantitative estimate of drug-likeness (QED) is 0.209. The second-order valence-corrected chi connectivity index (χ2v) is 14.9. The molecule has 4 aromatic rings. The van der Waals surface area contributed by atoms with Crippen molar-refractivity contribution < 1.29 is 32.3 Å². The van der Waals surface area contributed by atoms with Crippen molar-refractivity contribution >= 4 is 67.5 Å². The molecule has 10 nitrogen and oxygen atoms in total. The second-order valence-electron chi connectivity index (χ2n) is 12.2. The molecule has 1 N–H and O–H groups in total. The van der Waals surface area contributed by atoms with E-state index in [-0.39, 0.29) is 39.0 Å². The van der Waals surface area contributed by atoms with Gasteiger partial charge in [-0.3, -0.25) is 18.7 Å². The maximum absolute atomic E-state index is 13.9. The van der Waals surface area contributed by atoms with Crippen LogP contribution in [0.3, 0.4) is 0 Å². The van der Waals surface area contributed by atoms with Gasteiger partial charge in [-0.2, -0.15) is 0 Å². The second kappa shape index (κ2) is 14.5. The third-order valence-corrected chi connectivity index (χ3v) is 9.65. The average molecular weight is 713 g/mol. The Morgan fingerprint density at radius 2 is 1.58 bits per heavy atom. The zero-order valence-corrected chi connectivity index (χ0v) is 29.0. The number of amides is 2. The van der Waals surface area contributed by atoms with Crippen LogP contribution in [0.2, 0.25) is 10.0 Å². The zero-order chi connectivity index (χ0) is 34.6. The number of carbonyl (C=O) groups excluding carboxylic acids is 3. The first kappa shape index (κ1) is 35.2. The highest BCUT2D eigenvalue weighted by molar-refractivity contribution is 7.92. The summed E-state index contributed by atoms with van der Waals surface area (Å²) in [7, 11) is -4.34. The molecule has 1 heterocycles.